The molecule has 8 unspecified atom stereocenters. The first-order chi connectivity index (χ1) is 31.3. The molecule has 3 aliphatic rings. The normalized spacial score (nSPS) is 26.1. The summed E-state index contributed by atoms with van der Waals surface area (Å²) in [5, 5.41) is 35.7. The first-order valence-corrected chi connectivity index (χ1v) is 23.1. The van der Waals surface area contributed by atoms with Gasteiger partial charge in [0, 0.05) is 58.3 Å². The minimum Gasteiger partial charge on any atom is -0.495 e. The third-order valence-electron chi connectivity index (χ3n) is 12.2. The number of amides is 3. The average Bonchev–Trinajstić information content (AvgIpc) is 3.90. The van der Waals surface area contributed by atoms with E-state index in [1.807, 2.05) is 13.0 Å². The Bertz CT molecular complexity index is 2120. The Morgan fingerprint density at radius 1 is 1.14 bits per heavy atom. The summed E-state index contributed by atoms with van der Waals surface area (Å²) in [4.78, 5) is 57.7. The van der Waals surface area contributed by atoms with Crippen molar-refractivity contribution >= 4 is 52.9 Å². The van der Waals surface area contributed by atoms with Gasteiger partial charge in [-0.1, -0.05) is 42.3 Å². The number of hydrogen-bond acceptors (Lipinski definition) is 16. The SMILES string of the molecule is COc1cc2cc(c1Cl)N(C)C(=O)CC(OC(=O)C(C)N(C)C(=O)CCSc1cc(O)n(CCOCCOCCN)c1O)C1(C)OC1C(C)C1CC(O)(NC(=O)O1)C(OC)C=CC=C(C)C2. The van der Waals surface area contributed by atoms with Gasteiger partial charge in [-0.15, -0.1) is 11.8 Å². The van der Waals surface area contributed by atoms with Gasteiger partial charge < -0.3 is 64.0 Å². The first kappa shape index (κ1) is 52.4. The number of likely N-dealkylation sites (N-methyl/N-ethyl adjacent to an activating group) is 1. The topological polar surface area (TPSA) is 246 Å². The van der Waals surface area contributed by atoms with Crippen LogP contribution in [0.15, 0.2) is 46.9 Å². The van der Waals surface area contributed by atoms with Crippen LogP contribution in [0.2, 0.25) is 5.02 Å². The molecule has 4 bridgehead atoms. The smallest absolute Gasteiger partial charge is 0.409 e. The number of aromatic hydroxyl groups is 2. The lowest BCUT2D eigenvalue weighted by Gasteiger charge is -2.42. The number of ether oxygens (including phenoxy) is 7. The van der Waals surface area contributed by atoms with Gasteiger partial charge in [0.05, 0.1) is 63.2 Å². The second-order valence-electron chi connectivity index (χ2n) is 16.9. The Hall–Kier alpha value is -4.54. The lowest BCUT2D eigenvalue weighted by atomic mass is 9.83. The number of rotatable bonds is 17. The number of methoxy groups -OCH3 is 2. The van der Waals surface area contributed by atoms with E-state index in [0.29, 0.717) is 49.1 Å². The van der Waals surface area contributed by atoms with Crippen LogP contribution in [0.25, 0.3) is 0 Å². The second-order valence-corrected chi connectivity index (χ2v) is 18.4. The zero-order valence-corrected chi connectivity index (χ0v) is 40.3. The van der Waals surface area contributed by atoms with Crippen LogP contribution in [-0.4, -0.2) is 157 Å². The molecule has 21 heteroatoms. The third kappa shape index (κ3) is 12.5. The number of aliphatic hydroxyl groups is 1. The van der Waals surface area contributed by atoms with Crippen LogP contribution >= 0.6 is 23.4 Å². The number of fused-ring (bicyclic) bond motifs is 5. The van der Waals surface area contributed by atoms with Crippen LogP contribution in [-0.2, 0) is 55.8 Å². The third-order valence-corrected chi connectivity index (χ3v) is 13.6. The number of carbonyl (C=O) groups is 4. The molecular formula is C45H64ClN5O14S. The summed E-state index contributed by atoms with van der Waals surface area (Å²) in [6.07, 6.45) is 0.461. The summed E-state index contributed by atoms with van der Waals surface area (Å²) < 4.78 is 41.4. The molecular weight excluding hydrogens is 902 g/mol. The van der Waals surface area contributed by atoms with Crippen LogP contribution in [0, 0.1) is 5.92 Å². The number of halogens is 1. The highest BCUT2D eigenvalue weighted by Crippen LogP contribution is 2.49. The maximum atomic E-state index is 14.3. The highest BCUT2D eigenvalue weighted by atomic mass is 35.5. The van der Waals surface area contributed by atoms with Crippen LogP contribution in [0.5, 0.6) is 17.5 Å². The summed E-state index contributed by atoms with van der Waals surface area (Å²) in [5.41, 5.74) is 4.28. The minimum atomic E-state index is -1.87. The number of nitrogens with two attached hydrogens (primary N) is 1. The number of nitrogens with one attached hydrogen (secondary N) is 1. The molecule has 5 rings (SSSR count). The Morgan fingerprint density at radius 2 is 1.85 bits per heavy atom. The number of benzene rings is 1. The maximum absolute atomic E-state index is 14.3. The van der Waals surface area contributed by atoms with E-state index in [2.05, 4.69) is 5.32 Å². The fourth-order valence-corrected chi connectivity index (χ4v) is 9.27. The van der Waals surface area contributed by atoms with Crippen molar-refractivity contribution in [1.82, 2.24) is 14.8 Å². The van der Waals surface area contributed by atoms with E-state index < -0.39 is 71.6 Å². The molecule has 3 amide bonds. The van der Waals surface area contributed by atoms with E-state index in [4.69, 9.17) is 50.5 Å². The lowest BCUT2D eigenvalue weighted by Crippen LogP contribution is -2.63. The van der Waals surface area contributed by atoms with Crippen molar-refractivity contribution in [1.29, 1.82) is 0 Å². The van der Waals surface area contributed by atoms with Crippen molar-refractivity contribution in [3.8, 4) is 17.5 Å². The van der Waals surface area contributed by atoms with Gasteiger partial charge in [0.15, 0.2) is 11.6 Å². The molecule has 66 heavy (non-hydrogen) atoms. The highest BCUT2D eigenvalue weighted by Gasteiger charge is 2.64. The molecule has 19 nitrogen and oxygen atoms in total. The van der Waals surface area contributed by atoms with Crippen LogP contribution in [0.1, 0.15) is 52.5 Å². The van der Waals surface area contributed by atoms with Crippen molar-refractivity contribution in [3.05, 3.63) is 52.6 Å². The number of nitrogens with zero attached hydrogens (tertiary/aromatic N) is 3. The molecule has 1 aromatic heterocycles. The molecule has 2 fully saturated rings. The zero-order valence-electron chi connectivity index (χ0n) is 38.7. The number of carbonyl (C=O) groups excluding carboxylic acids is 4. The number of aromatic nitrogens is 1. The number of anilines is 1. The number of epoxide rings is 1. The fourth-order valence-electron chi connectivity index (χ4n) is 8.03. The number of hydrogen-bond donors (Lipinski definition) is 5. The van der Waals surface area contributed by atoms with Crippen molar-refractivity contribution in [2.24, 2.45) is 11.7 Å². The minimum absolute atomic E-state index is 0.0388. The summed E-state index contributed by atoms with van der Waals surface area (Å²) in [5.74, 6) is -2.08. The van der Waals surface area contributed by atoms with E-state index in [-0.39, 0.29) is 54.9 Å². The van der Waals surface area contributed by atoms with Gasteiger partial charge in [0.2, 0.25) is 17.7 Å². The van der Waals surface area contributed by atoms with E-state index in [1.165, 1.54) is 48.6 Å². The molecule has 2 aromatic rings. The zero-order chi connectivity index (χ0) is 48.5. The van der Waals surface area contributed by atoms with Crippen molar-refractivity contribution in [2.75, 3.05) is 71.9 Å². The first-order valence-electron chi connectivity index (χ1n) is 21.7. The number of allylic oxidation sites excluding steroid dienone is 3. The van der Waals surface area contributed by atoms with Gasteiger partial charge in [0.1, 0.15) is 40.7 Å². The van der Waals surface area contributed by atoms with Gasteiger partial charge in [-0.3, -0.25) is 19.5 Å². The molecule has 0 radical (unpaired) electrons. The molecule has 3 aliphatic heterocycles. The molecule has 0 aliphatic carbocycles. The average molecular weight is 967 g/mol. The standard InChI is InChI=1S/C45H64ClN5O14S/c1-26-10-9-11-34(60-8)45(58)25-32(63-43(57)48-45)27(2)40-44(4,65-40)35(24-37(53)50(6)30-21-29(20-26)22-31(59-7)39(30)46)64-42(56)28(3)49(5)36(52)12-19-66-33-23-38(54)51(41(33)55)14-16-62-18-17-61-15-13-47/h9-11,21-23,27-28,32,34-35,40,54-55,58H,12-20,24-25,47H2,1-8H3,(H,48,57). The number of alkyl carbamates (subject to hydrolysis) is 1. The Balaban J connectivity index is 1.33. The summed E-state index contributed by atoms with van der Waals surface area (Å²) in [7, 11) is 5.90. The van der Waals surface area contributed by atoms with Crippen molar-refractivity contribution < 1.29 is 67.7 Å². The molecule has 2 saturated heterocycles. The van der Waals surface area contributed by atoms with Crippen LogP contribution in [0.4, 0.5) is 10.5 Å². The summed E-state index contributed by atoms with van der Waals surface area (Å²) in [6, 6.07) is 3.83. The fraction of sp³-hybridized carbons (Fsp3) is 0.600. The Morgan fingerprint density at radius 3 is 2.53 bits per heavy atom. The predicted molar refractivity (Wildman–Crippen MR) is 245 cm³/mol. The molecule has 1 aromatic carbocycles. The van der Waals surface area contributed by atoms with Crippen molar-refractivity contribution in [2.45, 2.75) is 107 Å². The molecule has 0 saturated carbocycles. The maximum Gasteiger partial charge on any atom is 0.409 e. The van der Waals surface area contributed by atoms with E-state index in [0.717, 1.165) is 22.9 Å². The van der Waals surface area contributed by atoms with Gasteiger partial charge in [-0.2, -0.15) is 0 Å². The van der Waals surface area contributed by atoms with Gasteiger partial charge in [0.25, 0.3) is 0 Å². The second kappa shape index (κ2) is 23.0. The number of thioether (sulfide) groups is 1. The predicted octanol–water partition coefficient (Wildman–Crippen LogP) is 3.90. The van der Waals surface area contributed by atoms with Gasteiger partial charge in [-0.25, -0.2) is 9.59 Å². The van der Waals surface area contributed by atoms with E-state index in [1.54, 1.807) is 45.2 Å². The summed E-state index contributed by atoms with van der Waals surface area (Å²) in [6.45, 7) is 8.78. The molecule has 366 valence electrons. The largest absolute Gasteiger partial charge is 0.495 e. The number of esters is 1. The molecule has 8 atom stereocenters. The lowest BCUT2D eigenvalue weighted by molar-refractivity contribution is -0.162. The quantitative estimate of drug-likeness (QED) is 0.0653. The van der Waals surface area contributed by atoms with Crippen LogP contribution < -0.4 is 20.7 Å². The van der Waals surface area contributed by atoms with Gasteiger partial charge in [-0.05, 0) is 44.9 Å². The Kier molecular flexibility index (Phi) is 18.2. The monoisotopic (exact) mass is 965 g/mol. The van der Waals surface area contributed by atoms with Gasteiger partial charge >= 0.3 is 12.1 Å². The van der Waals surface area contributed by atoms with Crippen molar-refractivity contribution in [3.63, 3.8) is 0 Å². The highest BCUT2D eigenvalue weighted by molar-refractivity contribution is 7.99. The van der Waals surface area contributed by atoms with Crippen LogP contribution in [0.3, 0.4) is 0 Å². The van der Waals surface area contributed by atoms with E-state index >= 15 is 0 Å². The molecule has 4 heterocycles. The summed E-state index contributed by atoms with van der Waals surface area (Å²) >= 11 is 7.95. The molecule has 0 spiro atoms. The van der Waals surface area contributed by atoms with E-state index in [9.17, 15) is 34.5 Å². The molecule has 6 N–H and O–H groups in total. The Labute approximate surface area is 394 Å².